The number of ether oxygens (including phenoxy) is 2. The molecule has 2 bridgehead atoms. The molecule has 1 amide bonds. The molecule has 5 aliphatic rings. The third kappa shape index (κ3) is 1.43. The van der Waals surface area contributed by atoms with E-state index in [9.17, 15) is 9.59 Å². The number of nitrogens with zero attached hydrogens (tertiary/aromatic N) is 1. The maximum atomic E-state index is 13.8. The quantitative estimate of drug-likeness (QED) is 0.584. The first-order valence-corrected chi connectivity index (χ1v) is 10.9. The highest BCUT2D eigenvalue weighted by molar-refractivity contribution is 6.18. The van der Waals surface area contributed by atoms with Gasteiger partial charge in [0.25, 0.3) is 5.91 Å². The van der Waals surface area contributed by atoms with Gasteiger partial charge < -0.3 is 9.47 Å². The minimum atomic E-state index is -1.49. The molecule has 3 aliphatic heterocycles. The van der Waals surface area contributed by atoms with Crippen molar-refractivity contribution < 1.29 is 19.1 Å². The first-order valence-electron chi connectivity index (χ1n) is 10.9. The Morgan fingerprint density at radius 3 is 2.73 bits per heavy atom. The number of hydrogen-bond donors (Lipinski definition) is 0. The molecule has 2 aliphatic carbocycles. The van der Waals surface area contributed by atoms with Gasteiger partial charge in [-0.3, -0.25) is 9.69 Å². The molecule has 4 fully saturated rings. The van der Waals surface area contributed by atoms with Crippen LogP contribution in [0.25, 0.3) is 0 Å². The van der Waals surface area contributed by atoms with Crippen molar-refractivity contribution in [2.45, 2.75) is 54.8 Å². The Kier molecular flexibility index (Phi) is 2.83. The Morgan fingerprint density at radius 1 is 1.17 bits per heavy atom. The predicted molar refractivity (Wildman–Crippen MR) is 109 cm³/mol. The molecule has 2 saturated heterocycles. The molecule has 0 N–H and O–H groups in total. The molecule has 3 heterocycles. The van der Waals surface area contributed by atoms with Crippen LogP contribution in [0.3, 0.4) is 0 Å². The van der Waals surface area contributed by atoms with Crippen LogP contribution in [0.1, 0.15) is 43.7 Å². The fourth-order valence-electron chi connectivity index (χ4n) is 7.66. The number of hydrogen-bond acceptors (Lipinski definition) is 4. The van der Waals surface area contributed by atoms with Crippen molar-refractivity contribution in [3.8, 4) is 0 Å². The van der Waals surface area contributed by atoms with Gasteiger partial charge in [0.15, 0.2) is 5.72 Å². The van der Waals surface area contributed by atoms with E-state index < -0.39 is 17.3 Å². The van der Waals surface area contributed by atoms with Gasteiger partial charge in [0.1, 0.15) is 0 Å². The third-order valence-electron chi connectivity index (χ3n) is 8.62. The van der Waals surface area contributed by atoms with Crippen LogP contribution in [0, 0.1) is 5.92 Å². The van der Waals surface area contributed by atoms with E-state index in [4.69, 9.17) is 9.47 Å². The Hall–Kier alpha value is -2.66. The zero-order valence-corrected chi connectivity index (χ0v) is 16.9. The van der Waals surface area contributed by atoms with Crippen LogP contribution in [0.5, 0.6) is 0 Å². The molecule has 2 spiro atoms. The molecule has 2 saturated carbocycles. The SMILES string of the molecule is CCOC(=O)[C@@]12C[C@@H]3CC[C@]4(c5ccccc5)C[C@@]45c4ccccc4N(C1=O)[C@@]35O2. The van der Waals surface area contributed by atoms with Gasteiger partial charge in [-0.2, -0.15) is 0 Å². The number of anilines is 1. The third-order valence-corrected chi connectivity index (χ3v) is 8.62. The van der Waals surface area contributed by atoms with Gasteiger partial charge in [0, 0.05) is 17.8 Å². The summed E-state index contributed by atoms with van der Waals surface area (Å²) in [7, 11) is 0. The summed E-state index contributed by atoms with van der Waals surface area (Å²) >= 11 is 0. The maximum absolute atomic E-state index is 13.8. The molecule has 0 radical (unpaired) electrons. The molecule has 5 nitrogen and oxygen atoms in total. The summed E-state index contributed by atoms with van der Waals surface area (Å²) < 4.78 is 12.1. The van der Waals surface area contributed by atoms with Crippen molar-refractivity contribution in [2.75, 3.05) is 11.5 Å². The molecular formula is C25H23NO4. The normalized spacial score (nSPS) is 41.3. The van der Waals surface area contributed by atoms with E-state index in [1.807, 2.05) is 23.1 Å². The number of fused-ring (bicyclic) bond motifs is 3. The highest BCUT2D eigenvalue weighted by atomic mass is 16.6. The van der Waals surface area contributed by atoms with Crippen molar-refractivity contribution in [1.29, 1.82) is 0 Å². The highest BCUT2D eigenvalue weighted by Crippen LogP contribution is 2.85. The smallest absolute Gasteiger partial charge is 0.348 e. The van der Waals surface area contributed by atoms with Gasteiger partial charge in [-0.25, -0.2) is 4.79 Å². The Bertz CT molecular complexity index is 1130. The number of amides is 1. The first kappa shape index (κ1) is 17.1. The van der Waals surface area contributed by atoms with E-state index in [0.717, 1.165) is 24.9 Å². The van der Waals surface area contributed by atoms with Gasteiger partial charge in [0.05, 0.1) is 17.7 Å². The van der Waals surface area contributed by atoms with E-state index in [1.165, 1.54) is 11.1 Å². The minimum absolute atomic E-state index is 0.0645. The molecule has 5 heteroatoms. The monoisotopic (exact) mass is 401 g/mol. The lowest BCUT2D eigenvalue weighted by atomic mass is 9.63. The Labute approximate surface area is 175 Å². The summed E-state index contributed by atoms with van der Waals surface area (Å²) in [4.78, 5) is 28.7. The Balaban J connectivity index is 1.50. The van der Waals surface area contributed by atoms with Gasteiger partial charge >= 0.3 is 5.97 Å². The zero-order valence-electron chi connectivity index (χ0n) is 16.9. The van der Waals surface area contributed by atoms with Crippen LogP contribution in [0.15, 0.2) is 54.6 Å². The van der Waals surface area contributed by atoms with Crippen molar-refractivity contribution in [1.82, 2.24) is 0 Å². The molecule has 152 valence electrons. The first-order chi connectivity index (χ1) is 14.6. The largest absolute Gasteiger partial charge is 0.463 e. The maximum Gasteiger partial charge on any atom is 0.348 e. The second-order valence-electron chi connectivity index (χ2n) is 9.47. The van der Waals surface area contributed by atoms with Crippen LogP contribution in [0.2, 0.25) is 0 Å². The molecule has 0 unspecified atom stereocenters. The summed E-state index contributed by atoms with van der Waals surface area (Å²) in [5.41, 5.74) is 0.785. The van der Waals surface area contributed by atoms with E-state index in [1.54, 1.807) is 6.92 Å². The number of piperidine rings is 1. The summed E-state index contributed by atoms with van der Waals surface area (Å²) in [6, 6.07) is 18.9. The van der Waals surface area contributed by atoms with Gasteiger partial charge in [-0.05, 0) is 43.4 Å². The topological polar surface area (TPSA) is 55.8 Å². The molecule has 5 atom stereocenters. The van der Waals surface area contributed by atoms with Gasteiger partial charge in [-0.15, -0.1) is 0 Å². The molecular weight excluding hydrogens is 378 g/mol. The van der Waals surface area contributed by atoms with E-state index >= 15 is 0 Å². The zero-order chi connectivity index (χ0) is 20.4. The fraction of sp³-hybridized carbons (Fsp3) is 0.440. The number of carbonyl (C=O) groups excluding carboxylic acids is 2. The van der Waals surface area contributed by atoms with E-state index in [-0.39, 0.29) is 29.3 Å². The van der Waals surface area contributed by atoms with Crippen LogP contribution >= 0.6 is 0 Å². The number of carbonyl (C=O) groups is 2. The van der Waals surface area contributed by atoms with E-state index in [2.05, 4.69) is 36.4 Å². The molecule has 0 aromatic heterocycles. The van der Waals surface area contributed by atoms with Crippen molar-refractivity contribution in [3.63, 3.8) is 0 Å². The summed E-state index contributed by atoms with van der Waals surface area (Å²) in [6.07, 6.45) is 3.36. The van der Waals surface area contributed by atoms with Crippen molar-refractivity contribution in [3.05, 3.63) is 65.7 Å². The number of esters is 1. The average molecular weight is 401 g/mol. The lowest BCUT2D eigenvalue weighted by Gasteiger charge is -2.47. The fourth-order valence-corrected chi connectivity index (χ4v) is 7.66. The van der Waals surface area contributed by atoms with Gasteiger partial charge in [0.2, 0.25) is 5.60 Å². The summed E-state index contributed by atoms with van der Waals surface area (Å²) in [5.74, 6) is -0.629. The summed E-state index contributed by atoms with van der Waals surface area (Å²) in [5, 5.41) is 0. The van der Waals surface area contributed by atoms with Crippen LogP contribution < -0.4 is 4.90 Å². The average Bonchev–Trinajstić information content (AvgIpc) is 3.14. The predicted octanol–water partition coefficient (Wildman–Crippen LogP) is 3.45. The van der Waals surface area contributed by atoms with E-state index in [0.29, 0.717) is 6.42 Å². The summed E-state index contributed by atoms with van der Waals surface area (Å²) in [6.45, 7) is 2.01. The lowest BCUT2D eigenvalue weighted by molar-refractivity contribution is -0.173. The second kappa shape index (κ2) is 4.97. The molecule has 2 aromatic rings. The van der Waals surface area contributed by atoms with Crippen LogP contribution in [-0.2, 0) is 29.9 Å². The standard InChI is InChI=1S/C25H23NO4/c1-2-29-21(28)23-14-17-12-13-22(16-8-4-3-5-9-16)15-24(22)18-10-6-7-11-19(18)26(20(23)27)25(17,24)30-23/h3-11,17H,2,12-15H2,1H3/t17-,22+,23+,24+,25+/m0/s1. The molecule has 30 heavy (non-hydrogen) atoms. The number of para-hydroxylation sites is 1. The highest BCUT2D eigenvalue weighted by Gasteiger charge is 2.93. The lowest BCUT2D eigenvalue weighted by Crippen LogP contribution is -2.61. The number of rotatable bonds is 3. The van der Waals surface area contributed by atoms with Crippen molar-refractivity contribution in [2.24, 2.45) is 5.92 Å². The molecule has 7 rings (SSSR count). The Morgan fingerprint density at radius 2 is 1.93 bits per heavy atom. The van der Waals surface area contributed by atoms with Crippen LogP contribution in [0.4, 0.5) is 5.69 Å². The minimum Gasteiger partial charge on any atom is -0.463 e. The second-order valence-corrected chi connectivity index (χ2v) is 9.47. The van der Waals surface area contributed by atoms with Gasteiger partial charge in [-0.1, -0.05) is 48.5 Å². The van der Waals surface area contributed by atoms with Crippen LogP contribution in [-0.4, -0.2) is 29.8 Å². The van der Waals surface area contributed by atoms with Crippen molar-refractivity contribution >= 4 is 17.6 Å². The molecule has 2 aromatic carbocycles. The number of benzene rings is 2.